The van der Waals surface area contributed by atoms with Crippen LogP contribution in [0, 0.1) is 0 Å². The second kappa shape index (κ2) is 8.44. The molecule has 1 aromatic carbocycles. The molecule has 1 aromatic rings. The average molecular weight is 288 g/mol. The number of methoxy groups -OCH3 is 1. The van der Waals surface area contributed by atoms with E-state index in [0.717, 1.165) is 5.56 Å². The normalized spacial score (nSPS) is 12.2. The third-order valence-electron chi connectivity index (χ3n) is 2.59. The van der Waals surface area contributed by atoms with Gasteiger partial charge in [0, 0.05) is 20.3 Å². The van der Waals surface area contributed by atoms with Gasteiger partial charge in [0.25, 0.3) is 0 Å². The van der Waals surface area contributed by atoms with Crippen LogP contribution in [-0.2, 0) is 16.1 Å². The Kier molecular flexibility index (Phi) is 6.89. The molecule has 3 N–H and O–H groups in total. The average Bonchev–Trinajstić information content (AvgIpc) is 2.43. The minimum absolute atomic E-state index is 0.0758. The molecule has 0 bridgehead atoms. The molecule has 0 aromatic heterocycles. The van der Waals surface area contributed by atoms with E-state index in [9.17, 15) is 13.6 Å². The number of rotatable bonds is 8. The van der Waals surface area contributed by atoms with E-state index in [1.165, 1.54) is 19.2 Å². The van der Waals surface area contributed by atoms with Crippen LogP contribution in [0.1, 0.15) is 12.0 Å². The van der Waals surface area contributed by atoms with Crippen LogP contribution >= 0.6 is 0 Å². The molecule has 0 spiro atoms. The van der Waals surface area contributed by atoms with Crippen LogP contribution in [0.25, 0.3) is 0 Å². The number of hydrogen-bond donors (Lipinski definition) is 2. The van der Waals surface area contributed by atoms with E-state index in [0.29, 0.717) is 13.0 Å². The van der Waals surface area contributed by atoms with E-state index in [-0.39, 0.29) is 18.2 Å². The first-order valence-corrected chi connectivity index (χ1v) is 6.09. The Morgan fingerprint density at radius 3 is 2.55 bits per heavy atom. The Bertz CT molecular complexity index is 413. The van der Waals surface area contributed by atoms with Crippen molar-refractivity contribution >= 4 is 5.91 Å². The Hall–Kier alpha value is -1.73. The smallest absolute Gasteiger partial charge is 0.387 e. The van der Waals surface area contributed by atoms with Crippen molar-refractivity contribution in [1.29, 1.82) is 0 Å². The number of hydrogen-bond acceptors (Lipinski definition) is 4. The third kappa shape index (κ3) is 5.94. The predicted molar refractivity (Wildman–Crippen MR) is 69.4 cm³/mol. The van der Waals surface area contributed by atoms with Crippen molar-refractivity contribution in [3.63, 3.8) is 0 Å². The molecular weight excluding hydrogens is 270 g/mol. The molecule has 0 aliphatic carbocycles. The lowest BCUT2D eigenvalue weighted by Gasteiger charge is -2.12. The summed E-state index contributed by atoms with van der Waals surface area (Å²) in [5.74, 6) is -0.207. The van der Waals surface area contributed by atoms with Crippen LogP contribution in [0.4, 0.5) is 8.78 Å². The standard InChI is InChI=1S/C13H18F2N2O3/c1-19-7-6-11(16)12(18)17-8-9-2-4-10(5-3-9)20-13(14)15/h2-5,11,13H,6-8,16H2,1H3,(H,17,18). The molecule has 5 nitrogen and oxygen atoms in total. The van der Waals surface area contributed by atoms with Gasteiger partial charge in [-0.05, 0) is 24.1 Å². The topological polar surface area (TPSA) is 73.6 Å². The molecule has 0 radical (unpaired) electrons. The first-order valence-electron chi connectivity index (χ1n) is 6.09. The summed E-state index contributed by atoms with van der Waals surface area (Å²) in [4.78, 5) is 11.6. The summed E-state index contributed by atoms with van der Waals surface area (Å²) < 4.78 is 33.0. The van der Waals surface area contributed by atoms with Crippen molar-refractivity contribution in [1.82, 2.24) is 5.32 Å². The van der Waals surface area contributed by atoms with Crippen LogP contribution in [0.3, 0.4) is 0 Å². The number of halogens is 2. The number of carbonyl (C=O) groups excluding carboxylic acids is 1. The molecule has 0 heterocycles. The lowest BCUT2D eigenvalue weighted by atomic mass is 10.2. The fraction of sp³-hybridized carbons (Fsp3) is 0.462. The van der Waals surface area contributed by atoms with Gasteiger partial charge in [-0.2, -0.15) is 8.78 Å². The van der Waals surface area contributed by atoms with Gasteiger partial charge < -0.3 is 20.5 Å². The molecule has 0 saturated heterocycles. The molecule has 1 amide bonds. The van der Waals surface area contributed by atoms with E-state index in [1.54, 1.807) is 12.1 Å². The first-order chi connectivity index (χ1) is 9.52. The molecule has 0 aliphatic heterocycles. The van der Waals surface area contributed by atoms with Gasteiger partial charge in [-0.1, -0.05) is 12.1 Å². The van der Waals surface area contributed by atoms with Gasteiger partial charge in [-0.3, -0.25) is 4.79 Å². The zero-order valence-electron chi connectivity index (χ0n) is 11.1. The number of amides is 1. The summed E-state index contributed by atoms with van der Waals surface area (Å²) in [5, 5.41) is 2.66. The summed E-state index contributed by atoms with van der Waals surface area (Å²) in [6.07, 6.45) is 0.434. The van der Waals surface area contributed by atoms with Gasteiger partial charge in [0.15, 0.2) is 0 Å². The van der Waals surface area contributed by atoms with Gasteiger partial charge >= 0.3 is 6.61 Å². The highest BCUT2D eigenvalue weighted by molar-refractivity contribution is 5.81. The van der Waals surface area contributed by atoms with Gasteiger partial charge in [0.05, 0.1) is 6.04 Å². The molecule has 7 heteroatoms. The number of ether oxygens (including phenoxy) is 2. The van der Waals surface area contributed by atoms with Crippen LogP contribution in [0.2, 0.25) is 0 Å². The quantitative estimate of drug-likeness (QED) is 0.755. The fourth-order valence-electron chi connectivity index (χ4n) is 1.48. The van der Waals surface area contributed by atoms with Crippen LogP contribution in [0.5, 0.6) is 5.75 Å². The highest BCUT2D eigenvalue weighted by Crippen LogP contribution is 2.14. The predicted octanol–water partition coefficient (Wildman–Crippen LogP) is 1.27. The van der Waals surface area contributed by atoms with Crippen molar-refractivity contribution in [3.8, 4) is 5.75 Å². The fourth-order valence-corrected chi connectivity index (χ4v) is 1.48. The maximum Gasteiger partial charge on any atom is 0.387 e. The van der Waals surface area contributed by atoms with E-state index >= 15 is 0 Å². The molecule has 1 atom stereocenters. The molecule has 1 rings (SSSR count). The minimum Gasteiger partial charge on any atom is -0.435 e. The first kappa shape index (κ1) is 16.3. The van der Waals surface area contributed by atoms with E-state index in [4.69, 9.17) is 10.5 Å². The van der Waals surface area contributed by atoms with Gasteiger partial charge in [-0.25, -0.2) is 0 Å². The lowest BCUT2D eigenvalue weighted by molar-refractivity contribution is -0.122. The van der Waals surface area contributed by atoms with E-state index < -0.39 is 12.7 Å². The Morgan fingerprint density at radius 1 is 1.35 bits per heavy atom. The maximum atomic E-state index is 12.0. The van der Waals surface area contributed by atoms with E-state index in [1.807, 2.05) is 0 Å². The largest absolute Gasteiger partial charge is 0.435 e. The van der Waals surface area contributed by atoms with E-state index in [2.05, 4.69) is 10.1 Å². The van der Waals surface area contributed by atoms with Crippen LogP contribution < -0.4 is 15.8 Å². The lowest BCUT2D eigenvalue weighted by Crippen LogP contribution is -2.40. The second-order valence-electron chi connectivity index (χ2n) is 4.13. The molecule has 0 aliphatic rings. The zero-order valence-corrected chi connectivity index (χ0v) is 11.1. The maximum absolute atomic E-state index is 12.0. The second-order valence-corrected chi connectivity index (χ2v) is 4.13. The third-order valence-corrected chi connectivity index (χ3v) is 2.59. The van der Waals surface area contributed by atoms with Crippen molar-refractivity contribution in [2.24, 2.45) is 5.73 Å². The van der Waals surface area contributed by atoms with Crippen molar-refractivity contribution in [3.05, 3.63) is 29.8 Å². The highest BCUT2D eigenvalue weighted by Gasteiger charge is 2.12. The molecule has 20 heavy (non-hydrogen) atoms. The highest BCUT2D eigenvalue weighted by atomic mass is 19.3. The summed E-state index contributed by atoms with van der Waals surface area (Å²) in [6.45, 7) is -2.16. The Balaban J connectivity index is 2.39. The summed E-state index contributed by atoms with van der Waals surface area (Å²) in [6, 6.07) is 5.39. The summed E-state index contributed by atoms with van der Waals surface area (Å²) >= 11 is 0. The SMILES string of the molecule is COCCC(N)C(=O)NCc1ccc(OC(F)F)cc1. The van der Waals surface area contributed by atoms with Gasteiger partial charge in [0.1, 0.15) is 5.75 Å². The summed E-state index contributed by atoms with van der Waals surface area (Å²) in [7, 11) is 1.54. The molecule has 1 unspecified atom stereocenters. The summed E-state index contributed by atoms with van der Waals surface area (Å²) in [5.41, 5.74) is 6.41. The molecule has 112 valence electrons. The van der Waals surface area contributed by atoms with Crippen LogP contribution in [0.15, 0.2) is 24.3 Å². The van der Waals surface area contributed by atoms with Crippen LogP contribution in [-0.4, -0.2) is 32.3 Å². The zero-order chi connectivity index (χ0) is 15.0. The number of nitrogens with one attached hydrogen (secondary N) is 1. The number of carbonyl (C=O) groups is 1. The number of nitrogens with two attached hydrogens (primary N) is 1. The molecular formula is C13H18F2N2O3. The monoisotopic (exact) mass is 288 g/mol. The Morgan fingerprint density at radius 2 is 2.00 bits per heavy atom. The number of benzene rings is 1. The molecule has 0 saturated carbocycles. The van der Waals surface area contributed by atoms with Gasteiger partial charge in [-0.15, -0.1) is 0 Å². The Labute approximate surface area is 116 Å². The van der Waals surface area contributed by atoms with Gasteiger partial charge in [0.2, 0.25) is 5.91 Å². The molecule has 0 fully saturated rings. The minimum atomic E-state index is -2.85. The van der Waals surface area contributed by atoms with Crippen molar-refractivity contribution in [2.75, 3.05) is 13.7 Å². The number of alkyl halides is 2. The van der Waals surface area contributed by atoms with Crippen molar-refractivity contribution < 1.29 is 23.0 Å². The van der Waals surface area contributed by atoms with Crippen molar-refractivity contribution in [2.45, 2.75) is 25.6 Å².